The van der Waals surface area contributed by atoms with Crippen molar-refractivity contribution in [2.24, 2.45) is 0 Å². The van der Waals surface area contributed by atoms with Crippen molar-refractivity contribution in [3.63, 3.8) is 0 Å². The van der Waals surface area contributed by atoms with E-state index in [1.807, 2.05) is 25.1 Å². The molecule has 3 nitrogen and oxygen atoms in total. The monoisotopic (exact) mass is 379 g/mol. The molecule has 0 aliphatic rings. The first-order valence-corrected chi connectivity index (χ1v) is 6.61. The van der Waals surface area contributed by atoms with E-state index in [0.29, 0.717) is 10.8 Å². The van der Waals surface area contributed by atoms with Gasteiger partial charge in [0.25, 0.3) is 0 Å². The van der Waals surface area contributed by atoms with E-state index in [0.717, 1.165) is 14.8 Å². The van der Waals surface area contributed by atoms with Crippen molar-refractivity contribution in [1.82, 2.24) is 9.97 Å². The van der Waals surface area contributed by atoms with Gasteiger partial charge in [-0.05, 0) is 59.3 Å². The van der Waals surface area contributed by atoms with Crippen LogP contribution in [0.15, 0.2) is 24.4 Å². The molecule has 0 radical (unpaired) electrons. The van der Waals surface area contributed by atoms with Crippen LogP contribution in [0.1, 0.15) is 5.56 Å². The minimum Gasteiger partial charge on any atom is -0.339 e. The van der Waals surface area contributed by atoms with Crippen molar-refractivity contribution in [3.8, 4) is 0 Å². The molecule has 0 aliphatic carbocycles. The Labute approximate surface area is 123 Å². The maximum atomic E-state index is 6.13. The minimum atomic E-state index is 0.208. The molecule has 17 heavy (non-hydrogen) atoms. The van der Waals surface area contributed by atoms with Crippen LogP contribution in [0.4, 0.5) is 11.5 Å². The summed E-state index contributed by atoms with van der Waals surface area (Å²) in [4.78, 5) is 8.01. The number of benzene rings is 1. The van der Waals surface area contributed by atoms with Crippen molar-refractivity contribution in [2.45, 2.75) is 6.92 Å². The zero-order chi connectivity index (χ0) is 12.4. The minimum absolute atomic E-state index is 0.208. The molecule has 1 N–H and O–H groups in total. The summed E-state index contributed by atoms with van der Waals surface area (Å²) in [5.41, 5.74) is 1.70. The van der Waals surface area contributed by atoms with E-state index in [1.165, 1.54) is 0 Å². The predicted molar refractivity (Wildman–Crippen MR) is 79.2 cm³/mol. The predicted octanol–water partition coefficient (Wildman–Crippen LogP) is 4.44. The van der Waals surface area contributed by atoms with E-state index in [1.54, 1.807) is 6.20 Å². The Bertz CT molecular complexity index is 560. The van der Waals surface area contributed by atoms with Gasteiger partial charge in [0.2, 0.25) is 5.28 Å². The van der Waals surface area contributed by atoms with E-state index < -0.39 is 0 Å². The van der Waals surface area contributed by atoms with Crippen molar-refractivity contribution in [3.05, 3.63) is 43.8 Å². The standard InChI is InChI=1S/C11H8Cl2IN3/c1-6-5-15-11(13)17-10(6)16-9-3-2-7(14)4-8(9)12/h2-5H,1H3,(H,15,16,17). The maximum Gasteiger partial charge on any atom is 0.224 e. The highest BCUT2D eigenvalue weighted by atomic mass is 127. The molecule has 0 aliphatic heterocycles. The second-order valence-corrected chi connectivity index (χ2v) is 5.41. The number of rotatable bonds is 2. The number of halogens is 3. The molecule has 0 unspecified atom stereocenters. The molecule has 0 fully saturated rings. The molecule has 1 aromatic carbocycles. The van der Waals surface area contributed by atoms with Crippen LogP contribution in [0.25, 0.3) is 0 Å². The summed E-state index contributed by atoms with van der Waals surface area (Å²) in [5, 5.41) is 3.99. The molecule has 6 heteroatoms. The van der Waals surface area contributed by atoms with Crippen LogP contribution < -0.4 is 5.32 Å². The first-order valence-electron chi connectivity index (χ1n) is 4.77. The largest absolute Gasteiger partial charge is 0.339 e. The zero-order valence-corrected chi connectivity index (χ0v) is 12.5. The van der Waals surface area contributed by atoms with Gasteiger partial charge in [0.15, 0.2) is 0 Å². The summed E-state index contributed by atoms with van der Waals surface area (Å²) in [6, 6.07) is 5.75. The van der Waals surface area contributed by atoms with Gasteiger partial charge in [0.1, 0.15) is 5.82 Å². The molecule has 0 bridgehead atoms. The van der Waals surface area contributed by atoms with Gasteiger partial charge in [-0.15, -0.1) is 0 Å². The lowest BCUT2D eigenvalue weighted by Crippen LogP contribution is -1.98. The van der Waals surface area contributed by atoms with Crippen LogP contribution in [0.5, 0.6) is 0 Å². The van der Waals surface area contributed by atoms with Crippen LogP contribution in [-0.2, 0) is 0 Å². The van der Waals surface area contributed by atoms with Crippen LogP contribution in [0.2, 0.25) is 10.3 Å². The normalized spacial score (nSPS) is 10.4. The second kappa shape index (κ2) is 5.37. The van der Waals surface area contributed by atoms with Crippen LogP contribution in [0.3, 0.4) is 0 Å². The third kappa shape index (κ3) is 3.20. The summed E-state index contributed by atoms with van der Waals surface area (Å²) < 4.78 is 1.08. The Morgan fingerprint density at radius 2 is 2.06 bits per heavy atom. The number of hydrogen-bond acceptors (Lipinski definition) is 3. The highest BCUT2D eigenvalue weighted by Crippen LogP contribution is 2.27. The Morgan fingerprint density at radius 3 is 2.76 bits per heavy atom. The van der Waals surface area contributed by atoms with E-state index in [9.17, 15) is 0 Å². The third-order valence-corrected chi connectivity index (χ3v) is 3.29. The highest BCUT2D eigenvalue weighted by molar-refractivity contribution is 14.1. The SMILES string of the molecule is Cc1cnc(Cl)nc1Nc1ccc(I)cc1Cl. The molecule has 1 aromatic heterocycles. The van der Waals surface area contributed by atoms with E-state index in [-0.39, 0.29) is 5.28 Å². The lowest BCUT2D eigenvalue weighted by molar-refractivity contribution is 1.13. The average molecular weight is 380 g/mol. The van der Waals surface area contributed by atoms with Crippen molar-refractivity contribution in [1.29, 1.82) is 0 Å². The molecule has 0 atom stereocenters. The molecule has 1 heterocycles. The lowest BCUT2D eigenvalue weighted by Gasteiger charge is -2.10. The summed E-state index contributed by atoms with van der Waals surface area (Å²) >= 11 is 14.1. The molecule has 0 spiro atoms. The molecular formula is C11H8Cl2IN3. The van der Waals surface area contributed by atoms with Crippen molar-refractivity contribution < 1.29 is 0 Å². The molecule has 2 rings (SSSR count). The lowest BCUT2D eigenvalue weighted by atomic mass is 10.3. The first kappa shape index (κ1) is 12.9. The Hall–Kier alpha value is -0.590. The zero-order valence-electron chi connectivity index (χ0n) is 8.84. The highest BCUT2D eigenvalue weighted by Gasteiger charge is 2.06. The summed E-state index contributed by atoms with van der Waals surface area (Å²) in [7, 11) is 0. The average Bonchev–Trinajstić information content (AvgIpc) is 2.27. The Balaban J connectivity index is 2.34. The molecule has 0 saturated carbocycles. The molecule has 0 amide bonds. The van der Waals surface area contributed by atoms with Gasteiger partial charge in [-0.25, -0.2) is 9.97 Å². The Kier molecular flexibility index (Phi) is 4.06. The fraction of sp³-hybridized carbons (Fsp3) is 0.0909. The number of nitrogens with one attached hydrogen (secondary N) is 1. The molecule has 88 valence electrons. The molecule has 2 aromatic rings. The summed E-state index contributed by atoms with van der Waals surface area (Å²) in [6.45, 7) is 1.90. The number of hydrogen-bond donors (Lipinski definition) is 1. The fourth-order valence-electron chi connectivity index (χ4n) is 1.27. The van der Waals surface area contributed by atoms with Gasteiger partial charge < -0.3 is 5.32 Å². The van der Waals surface area contributed by atoms with E-state index in [2.05, 4.69) is 37.9 Å². The van der Waals surface area contributed by atoms with Gasteiger partial charge >= 0.3 is 0 Å². The smallest absolute Gasteiger partial charge is 0.224 e. The van der Waals surface area contributed by atoms with Crippen molar-refractivity contribution >= 4 is 57.3 Å². The van der Waals surface area contributed by atoms with Gasteiger partial charge in [0, 0.05) is 15.3 Å². The molecular weight excluding hydrogens is 372 g/mol. The van der Waals surface area contributed by atoms with Crippen LogP contribution in [-0.4, -0.2) is 9.97 Å². The number of aromatic nitrogens is 2. The second-order valence-electron chi connectivity index (χ2n) is 3.42. The van der Waals surface area contributed by atoms with Crippen LogP contribution >= 0.6 is 45.8 Å². The van der Waals surface area contributed by atoms with Gasteiger partial charge in [-0.3, -0.25) is 0 Å². The van der Waals surface area contributed by atoms with Crippen LogP contribution in [0, 0.1) is 10.5 Å². The van der Waals surface area contributed by atoms with E-state index >= 15 is 0 Å². The van der Waals surface area contributed by atoms with Crippen molar-refractivity contribution in [2.75, 3.05) is 5.32 Å². The summed E-state index contributed by atoms with van der Waals surface area (Å²) in [5.74, 6) is 0.660. The van der Waals surface area contributed by atoms with Gasteiger partial charge in [-0.1, -0.05) is 11.6 Å². The summed E-state index contributed by atoms with van der Waals surface area (Å²) in [6.07, 6.45) is 1.66. The number of anilines is 2. The van der Waals surface area contributed by atoms with E-state index in [4.69, 9.17) is 23.2 Å². The van der Waals surface area contributed by atoms with Gasteiger partial charge in [0.05, 0.1) is 10.7 Å². The quantitative estimate of drug-likeness (QED) is 0.619. The number of nitrogens with zero attached hydrogens (tertiary/aromatic N) is 2. The third-order valence-electron chi connectivity index (χ3n) is 2.13. The van der Waals surface area contributed by atoms with Gasteiger partial charge in [-0.2, -0.15) is 0 Å². The Morgan fingerprint density at radius 1 is 1.29 bits per heavy atom. The maximum absolute atomic E-state index is 6.13. The molecule has 0 saturated heterocycles. The number of aryl methyl sites for hydroxylation is 1. The fourth-order valence-corrected chi connectivity index (χ4v) is 2.30. The topological polar surface area (TPSA) is 37.8 Å². The first-order chi connectivity index (χ1) is 8.06.